The zero-order valence-corrected chi connectivity index (χ0v) is 17.6. The van der Waals surface area contributed by atoms with E-state index in [0.717, 1.165) is 16.8 Å². The van der Waals surface area contributed by atoms with E-state index in [4.69, 9.17) is 0 Å². The Balaban J connectivity index is 1.51. The monoisotopic (exact) mass is 406 g/mol. The SMILES string of the molecule is CCN(Cc1cn(C)nc1C)C(=O)c1cn2c(n1)C(=O)N(Cc1ccccc1)CC2. The standard InChI is InChI=1S/C22H26N6O2/c1-4-26(14-18-13-25(3)24-16(18)2)21(29)19-15-27-10-11-28(22(30)20(27)23-19)12-17-8-6-5-7-9-17/h5-9,13,15H,4,10-12,14H2,1-3H3. The first-order valence-electron chi connectivity index (χ1n) is 10.1. The van der Waals surface area contributed by atoms with E-state index < -0.39 is 0 Å². The number of aryl methyl sites for hydroxylation is 2. The fourth-order valence-electron chi connectivity index (χ4n) is 3.78. The van der Waals surface area contributed by atoms with Gasteiger partial charge in [0.2, 0.25) is 0 Å². The van der Waals surface area contributed by atoms with Crippen molar-refractivity contribution >= 4 is 11.8 Å². The number of hydrogen-bond donors (Lipinski definition) is 0. The first kappa shape index (κ1) is 19.9. The highest BCUT2D eigenvalue weighted by Crippen LogP contribution is 2.18. The van der Waals surface area contributed by atoms with Crippen LogP contribution in [-0.4, -0.2) is 54.0 Å². The number of rotatable bonds is 6. The molecule has 30 heavy (non-hydrogen) atoms. The average Bonchev–Trinajstić information content (AvgIpc) is 3.31. The van der Waals surface area contributed by atoms with Gasteiger partial charge in [-0.2, -0.15) is 5.10 Å². The van der Waals surface area contributed by atoms with Gasteiger partial charge in [0.15, 0.2) is 5.82 Å². The number of hydrogen-bond acceptors (Lipinski definition) is 4. The topological polar surface area (TPSA) is 76.3 Å². The van der Waals surface area contributed by atoms with Crippen LogP contribution in [0.25, 0.3) is 0 Å². The first-order valence-corrected chi connectivity index (χ1v) is 10.1. The van der Waals surface area contributed by atoms with Crippen LogP contribution >= 0.6 is 0 Å². The van der Waals surface area contributed by atoms with Gasteiger partial charge in [0, 0.05) is 57.7 Å². The zero-order valence-electron chi connectivity index (χ0n) is 17.6. The summed E-state index contributed by atoms with van der Waals surface area (Å²) < 4.78 is 3.54. The van der Waals surface area contributed by atoms with Gasteiger partial charge in [0.25, 0.3) is 11.8 Å². The van der Waals surface area contributed by atoms with Crippen molar-refractivity contribution < 1.29 is 9.59 Å². The summed E-state index contributed by atoms with van der Waals surface area (Å²) in [5, 5.41) is 4.34. The summed E-state index contributed by atoms with van der Waals surface area (Å²) in [6, 6.07) is 9.89. The van der Waals surface area contributed by atoms with Crippen molar-refractivity contribution in [2.24, 2.45) is 7.05 Å². The molecule has 0 bridgehead atoms. The van der Waals surface area contributed by atoms with Crippen LogP contribution < -0.4 is 0 Å². The third kappa shape index (κ3) is 3.85. The Morgan fingerprint density at radius 1 is 1.17 bits per heavy atom. The summed E-state index contributed by atoms with van der Waals surface area (Å²) in [6.07, 6.45) is 3.63. The van der Waals surface area contributed by atoms with Crippen molar-refractivity contribution in [2.75, 3.05) is 13.1 Å². The molecule has 1 aliphatic heterocycles. The third-order valence-corrected chi connectivity index (χ3v) is 5.45. The molecule has 156 valence electrons. The summed E-state index contributed by atoms with van der Waals surface area (Å²) in [5.74, 6) is 0.00881. The molecule has 0 saturated carbocycles. The Bertz CT molecular complexity index is 1070. The Kier molecular flexibility index (Phi) is 5.39. The lowest BCUT2D eigenvalue weighted by molar-refractivity contribution is 0.0683. The number of carbonyl (C=O) groups is 2. The van der Waals surface area contributed by atoms with Gasteiger partial charge in [-0.1, -0.05) is 30.3 Å². The van der Waals surface area contributed by atoms with Crippen molar-refractivity contribution in [2.45, 2.75) is 33.5 Å². The normalized spacial score (nSPS) is 13.4. The summed E-state index contributed by atoms with van der Waals surface area (Å²) in [4.78, 5) is 34.0. The minimum Gasteiger partial charge on any atom is -0.333 e. The molecule has 3 aromatic rings. The molecule has 2 aromatic heterocycles. The molecule has 4 rings (SSSR count). The number of imidazole rings is 1. The van der Waals surface area contributed by atoms with Crippen LogP contribution in [-0.2, 0) is 26.7 Å². The van der Waals surface area contributed by atoms with Gasteiger partial charge < -0.3 is 14.4 Å². The number of fused-ring (bicyclic) bond motifs is 1. The van der Waals surface area contributed by atoms with Gasteiger partial charge in [-0.05, 0) is 19.4 Å². The Labute approximate surface area is 175 Å². The van der Waals surface area contributed by atoms with Crippen molar-refractivity contribution in [3.8, 4) is 0 Å². The molecule has 1 aromatic carbocycles. The van der Waals surface area contributed by atoms with Crippen LogP contribution in [0, 0.1) is 6.92 Å². The number of benzene rings is 1. The van der Waals surface area contributed by atoms with Gasteiger partial charge in [-0.25, -0.2) is 4.98 Å². The van der Waals surface area contributed by atoms with Crippen molar-refractivity contribution in [3.63, 3.8) is 0 Å². The second-order valence-corrected chi connectivity index (χ2v) is 7.59. The van der Waals surface area contributed by atoms with Gasteiger partial charge in [-0.15, -0.1) is 0 Å². The fourth-order valence-corrected chi connectivity index (χ4v) is 3.78. The summed E-state index contributed by atoms with van der Waals surface area (Å²) in [5.41, 5.74) is 3.29. The smallest absolute Gasteiger partial charge is 0.290 e. The molecule has 0 radical (unpaired) electrons. The molecule has 2 amide bonds. The quantitative estimate of drug-likeness (QED) is 0.629. The van der Waals surface area contributed by atoms with Crippen LogP contribution in [0.5, 0.6) is 0 Å². The van der Waals surface area contributed by atoms with E-state index in [0.29, 0.717) is 44.2 Å². The molecular formula is C22H26N6O2. The average molecular weight is 406 g/mol. The summed E-state index contributed by atoms with van der Waals surface area (Å²) >= 11 is 0. The van der Waals surface area contributed by atoms with Crippen LogP contribution in [0.1, 0.15) is 44.9 Å². The minimum absolute atomic E-state index is 0.143. The Morgan fingerprint density at radius 3 is 2.60 bits per heavy atom. The minimum atomic E-state index is -0.176. The predicted octanol–water partition coefficient (Wildman–Crippen LogP) is 2.24. The lowest BCUT2D eigenvalue weighted by Gasteiger charge is -2.27. The second-order valence-electron chi connectivity index (χ2n) is 7.59. The van der Waals surface area contributed by atoms with E-state index >= 15 is 0 Å². The molecule has 8 heteroatoms. The van der Waals surface area contributed by atoms with E-state index in [9.17, 15) is 9.59 Å². The van der Waals surface area contributed by atoms with Crippen LogP contribution in [0.15, 0.2) is 42.7 Å². The highest BCUT2D eigenvalue weighted by molar-refractivity contribution is 5.96. The van der Waals surface area contributed by atoms with E-state index in [1.165, 1.54) is 0 Å². The Hall–Kier alpha value is -3.42. The van der Waals surface area contributed by atoms with E-state index in [-0.39, 0.29) is 11.8 Å². The second kappa shape index (κ2) is 8.14. The van der Waals surface area contributed by atoms with E-state index in [2.05, 4.69) is 10.1 Å². The highest BCUT2D eigenvalue weighted by Gasteiger charge is 2.29. The third-order valence-electron chi connectivity index (χ3n) is 5.45. The van der Waals surface area contributed by atoms with Crippen LogP contribution in [0.4, 0.5) is 0 Å². The molecule has 0 saturated heterocycles. The molecule has 0 aliphatic carbocycles. The number of carbonyl (C=O) groups excluding carboxylic acids is 2. The molecule has 0 unspecified atom stereocenters. The molecule has 8 nitrogen and oxygen atoms in total. The highest BCUT2D eigenvalue weighted by atomic mass is 16.2. The van der Waals surface area contributed by atoms with Gasteiger partial charge >= 0.3 is 0 Å². The maximum absolute atomic E-state index is 13.1. The molecule has 0 atom stereocenters. The summed E-state index contributed by atoms with van der Waals surface area (Å²) in [6.45, 7) is 6.64. The summed E-state index contributed by atoms with van der Waals surface area (Å²) in [7, 11) is 1.87. The molecule has 3 heterocycles. The van der Waals surface area contributed by atoms with Crippen molar-refractivity contribution in [3.05, 3.63) is 71.1 Å². The maximum atomic E-state index is 13.1. The Morgan fingerprint density at radius 2 is 1.93 bits per heavy atom. The molecule has 1 aliphatic rings. The molecule has 0 N–H and O–H groups in total. The molecular weight excluding hydrogens is 380 g/mol. The number of nitrogens with zero attached hydrogens (tertiary/aromatic N) is 6. The van der Waals surface area contributed by atoms with E-state index in [1.54, 1.807) is 25.2 Å². The fraction of sp³-hybridized carbons (Fsp3) is 0.364. The predicted molar refractivity (Wildman–Crippen MR) is 112 cm³/mol. The zero-order chi connectivity index (χ0) is 21.3. The largest absolute Gasteiger partial charge is 0.333 e. The number of aromatic nitrogens is 4. The maximum Gasteiger partial charge on any atom is 0.290 e. The molecule has 0 fully saturated rings. The lowest BCUT2D eigenvalue weighted by atomic mass is 10.2. The van der Waals surface area contributed by atoms with Gasteiger partial charge in [-0.3, -0.25) is 14.3 Å². The van der Waals surface area contributed by atoms with Crippen molar-refractivity contribution in [1.82, 2.24) is 29.1 Å². The van der Waals surface area contributed by atoms with Gasteiger partial charge in [0.1, 0.15) is 5.69 Å². The molecule has 0 spiro atoms. The first-order chi connectivity index (χ1) is 14.5. The van der Waals surface area contributed by atoms with Crippen LogP contribution in [0.3, 0.4) is 0 Å². The van der Waals surface area contributed by atoms with Gasteiger partial charge in [0.05, 0.1) is 5.69 Å². The van der Waals surface area contributed by atoms with Crippen LogP contribution in [0.2, 0.25) is 0 Å². The van der Waals surface area contributed by atoms with Crippen molar-refractivity contribution in [1.29, 1.82) is 0 Å². The number of amides is 2. The lowest BCUT2D eigenvalue weighted by Crippen LogP contribution is -2.39. The van der Waals surface area contributed by atoms with E-state index in [1.807, 2.05) is 57.4 Å².